The molecule has 0 aromatic heterocycles. The Morgan fingerprint density at radius 3 is 2.45 bits per heavy atom. The van der Waals surface area contributed by atoms with E-state index in [0.29, 0.717) is 16.8 Å². The highest BCUT2D eigenvalue weighted by Crippen LogP contribution is 2.30. The molecule has 0 aliphatic carbocycles. The average molecular weight is 471 g/mol. The number of rotatable bonds is 5. The van der Waals surface area contributed by atoms with E-state index in [9.17, 15) is 27.6 Å². The molecule has 33 heavy (non-hydrogen) atoms. The highest BCUT2D eigenvalue weighted by molar-refractivity contribution is 7.92. The van der Waals surface area contributed by atoms with Crippen LogP contribution >= 0.6 is 0 Å². The Morgan fingerprint density at radius 1 is 1.12 bits per heavy atom. The summed E-state index contributed by atoms with van der Waals surface area (Å²) < 4.78 is 28.1. The van der Waals surface area contributed by atoms with Crippen LogP contribution in [0.1, 0.15) is 35.7 Å². The first kappa shape index (κ1) is 22.5. The van der Waals surface area contributed by atoms with Gasteiger partial charge >= 0.3 is 0 Å². The lowest BCUT2D eigenvalue weighted by Crippen LogP contribution is -2.52. The summed E-state index contributed by atoms with van der Waals surface area (Å²) in [4.78, 5) is 50.6. The fourth-order valence-electron chi connectivity index (χ4n) is 3.88. The number of piperidine rings is 1. The molecule has 1 fully saturated rings. The summed E-state index contributed by atoms with van der Waals surface area (Å²) in [5.74, 6) is -1.38. The second kappa shape index (κ2) is 8.32. The number of fused-ring (bicyclic) bond motifs is 1. The topological polar surface area (TPSA) is 133 Å². The van der Waals surface area contributed by atoms with Gasteiger partial charge in [0.1, 0.15) is 6.04 Å². The van der Waals surface area contributed by atoms with Gasteiger partial charge in [-0.15, -0.1) is 0 Å². The maximum atomic E-state index is 12.8. The van der Waals surface area contributed by atoms with Gasteiger partial charge in [0.15, 0.2) is 0 Å². The summed E-state index contributed by atoms with van der Waals surface area (Å²) >= 11 is 0. The molecular formula is C22H22N4O6S. The summed E-state index contributed by atoms with van der Waals surface area (Å²) in [5, 5.41) is 2.25. The molecule has 0 radical (unpaired) electrons. The molecular weight excluding hydrogens is 448 g/mol. The van der Waals surface area contributed by atoms with Crippen molar-refractivity contribution in [2.75, 3.05) is 16.7 Å². The largest absolute Gasteiger partial charge is 0.322 e. The molecule has 2 aromatic carbocycles. The van der Waals surface area contributed by atoms with E-state index in [2.05, 4.69) is 10.0 Å². The van der Waals surface area contributed by atoms with Gasteiger partial charge in [-0.25, -0.2) is 8.42 Å². The lowest BCUT2D eigenvalue weighted by Gasteiger charge is -2.29. The van der Waals surface area contributed by atoms with Crippen LogP contribution in [0.15, 0.2) is 47.4 Å². The van der Waals surface area contributed by atoms with E-state index in [4.69, 9.17) is 0 Å². The molecule has 4 rings (SSSR count). The van der Waals surface area contributed by atoms with Crippen LogP contribution in [0.5, 0.6) is 0 Å². The zero-order valence-electron chi connectivity index (χ0n) is 18.0. The van der Waals surface area contributed by atoms with Gasteiger partial charge in [-0.05, 0) is 54.4 Å². The molecule has 1 saturated heterocycles. The molecule has 1 atom stereocenters. The molecule has 4 amide bonds. The Balaban J connectivity index is 1.51. The van der Waals surface area contributed by atoms with Crippen molar-refractivity contribution in [3.63, 3.8) is 0 Å². The van der Waals surface area contributed by atoms with Crippen molar-refractivity contribution in [2.24, 2.45) is 0 Å². The second-order valence-electron chi connectivity index (χ2n) is 7.95. The zero-order valence-corrected chi connectivity index (χ0v) is 18.8. The van der Waals surface area contributed by atoms with Gasteiger partial charge in [-0.1, -0.05) is 0 Å². The van der Waals surface area contributed by atoms with E-state index in [1.165, 1.54) is 53.1 Å². The number of imide groups is 1. The second-order valence-corrected chi connectivity index (χ2v) is 9.63. The van der Waals surface area contributed by atoms with Gasteiger partial charge in [0.2, 0.25) is 17.7 Å². The average Bonchev–Trinajstić information content (AvgIpc) is 3.08. The molecule has 10 nitrogen and oxygen atoms in total. The van der Waals surface area contributed by atoms with Crippen molar-refractivity contribution in [3.8, 4) is 0 Å². The molecule has 0 saturated carbocycles. The monoisotopic (exact) mass is 470 g/mol. The van der Waals surface area contributed by atoms with Crippen LogP contribution in [-0.4, -0.2) is 50.0 Å². The van der Waals surface area contributed by atoms with Crippen LogP contribution in [0.3, 0.4) is 0 Å². The minimum absolute atomic E-state index is 0.0185. The smallest absolute Gasteiger partial charge is 0.261 e. The molecule has 172 valence electrons. The van der Waals surface area contributed by atoms with Crippen molar-refractivity contribution in [1.29, 1.82) is 0 Å². The number of hydrogen-bond donors (Lipinski definition) is 2. The maximum Gasteiger partial charge on any atom is 0.261 e. The van der Waals surface area contributed by atoms with Crippen molar-refractivity contribution in [1.82, 2.24) is 10.2 Å². The van der Waals surface area contributed by atoms with Crippen molar-refractivity contribution >= 4 is 45.0 Å². The molecule has 2 heterocycles. The Hall–Kier alpha value is -3.73. The van der Waals surface area contributed by atoms with Crippen LogP contribution in [0.2, 0.25) is 0 Å². The lowest BCUT2D eigenvalue weighted by atomic mass is 10.0. The normalized spacial score (nSPS) is 18.1. The lowest BCUT2D eigenvalue weighted by molar-refractivity contribution is -0.137. The quantitative estimate of drug-likeness (QED) is 0.632. The number of benzene rings is 2. The highest BCUT2D eigenvalue weighted by Gasteiger charge is 2.39. The minimum atomic E-state index is -3.91. The highest BCUT2D eigenvalue weighted by atomic mass is 32.2. The summed E-state index contributed by atoms with van der Waals surface area (Å²) in [7, 11) is -2.32. The number of nitrogens with one attached hydrogen (secondary N) is 2. The van der Waals surface area contributed by atoms with Gasteiger partial charge in [0.25, 0.3) is 15.9 Å². The first-order valence-corrected chi connectivity index (χ1v) is 11.7. The Labute approximate surface area is 190 Å². The van der Waals surface area contributed by atoms with Crippen molar-refractivity contribution in [3.05, 3.63) is 53.6 Å². The summed E-state index contributed by atoms with van der Waals surface area (Å²) in [6, 6.07) is 9.71. The Kier molecular flexibility index (Phi) is 5.66. The summed E-state index contributed by atoms with van der Waals surface area (Å²) in [6.45, 7) is 1.55. The molecule has 2 aliphatic heterocycles. The zero-order chi connectivity index (χ0) is 23.9. The maximum absolute atomic E-state index is 12.8. The number of nitrogens with zero attached hydrogens (tertiary/aromatic N) is 2. The van der Waals surface area contributed by atoms with E-state index in [1.54, 1.807) is 13.1 Å². The standard InChI is InChI=1S/C22H22N4O6S/c1-13(27)25(2)16-4-6-17(7-5-16)33(31,32)24-15-3-8-18-14(11-15)12-26(22(18)30)19-9-10-20(28)23-21(19)29/h3-8,11,19,24H,9-10,12H2,1-2H3,(H,23,28,29). The van der Waals surface area contributed by atoms with Gasteiger partial charge in [0.05, 0.1) is 4.90 Å². The summed E-state index contributed by atoms with van der Waals surface area (Å²) in [6.07, 6.45) is 0.404. The number of anilines is 2. The van der Waals surface area contributed by atoms with Crippen LogP contribution in [0, 0.1) is 0 Å². The van der Waals surface area contributed by atoms with Gasteiger partial charge in [-0.3, -0.25) is 29.2 Å². The SMILES string of the molecule is CC(=O)N(C)c1ccc(S(=O)(=O)Nc2ccc3c(c2)CN(C2CCC(=O)NC2=O)C3=O)cc1. The molecule has 1 unspecified atom stereocenters. The van der Waals surface area contributed by atoms with Crippen LogP contribution < -0.4 is 14.9 Å². The Bertz CT molecular complexity index is 1270. The predicted molar refractivity (Wildman–Crippen MR) is 119 cm³/mol. The Morgan fingerprint density at radius 2 is 1.82 bits per heavy atom. The van der Waals surface area contributed by atoms with E-state index < -0.39 is 22.0 Å². The molecule has 0 bridgehead atoms. The van der Waals surface area contributed by atoms with Gasteiger partial charge in [-0.2, -0.15) is 0 Å². The number of hydrogen-bond acceptors (Lipinski definition) is 6. The molecule has 2 aliphatic rings. The van der Waals surface area contributed by atoms with E-state index in [-0.39, 0.29) is 47.7 Å². The number of sulfonamides is 1. The molecule has 11 heteroatoms. The molecule has 0 spiro atoms. The summed E-state index contributed by atoms with van der Waals surface area (Å²) in [5.41, 5.74) is 1.81. The fraction of sp³-hybridized carbons (Fsp3) is 0.273. The third kappa shape index (κ3) is 4.31. The fourth-order valence-corrected chi connectivity index (χ4v) is 4.93. The number of carbonyl (C=O) groups excluding carboxylic acids is 4. The van der Waals surface area contributed by atoms with Crippen LogP contribution in [0.25, 0.3) is 0 Å². The van der Waals surface area contributed by atoms with Gasteiger partial charge < -0.3 is 9.80 Å². The third-order valence-electron chi connectivity index (χ3n) is 5.78. The van der Waals surface area contributed by atoms with Crippen LogP contribution in [0.4, 0.5) is 11.4 Å². The van der Waals surface area contributed by atoms with Gasteiger partial charge in [0, 0.05) is 43.9 Å². The third-order valence-corrected chi connectivity index (χ3v) is 7.18. The van der Waals surface area contributed by atoms with E-state index in [0.717, 1.165) is 0 Å². The minimum Gasteiger partial charge on any atom is -0.322 e. The molecule has 2 aromatic rings. The van der Waals surface area contributed by atoms with Crippen molar-refractivity contribution in [2.45, 2.75) is 37.2 Å². The van der Waals surface area contributed by atoms with E-state index in [1.807, 2.05) is 0 Å². The first-order chi connectivity index (χ1) is 15.6. The van der Waals surface area contributed by atoms with E-state index >= 15 is 0 Å². The number of carbonyl (C=O) groups is 4. The van der Waals surface area contributed by atoms with Crippen LogP contribution in [-0.2, 0) is 31.0 Å². The molecule has 2 N–H and O–H groups in total. The van der Waals surface area contributed by atoms with Crippen molar-refractivity contribution < 1.29 is 27.6 Å². The first-order valence-electron chi connectivity index (χ1n) is 10.2. The number of amides is 4. The predicted octanol–water partition coefficient (Wildman–Crippen LogP) is 1.23.